The largest absolute Gasteiger partial charge is 0.418 e. The Kier molecular flexibility index (Phi) is 5.76. The predicted molar refractivity (Wildman–Crippen MR) is 74.0 cm³/mol. The van der Waals surface area contributed by atoms with Gasteiger partial charge in [0.25, 0.3) is 0 Å². The van der Waals surface area contributed by atoms with Gasteiger partial charge in [-0.1, -0.05) is 13.3 Å². The monoisotopic (exact) mass is 322 g/mol. The molecule has 22 heavy (non-hydrogen) atoms. The van der Waals surface area contributed by atoms with Crippen molar-refractivity contribution in [3.8, 4) is 0 Å². The van der Waals surface area contributed by atoms with Crippen molar-refractivity contribution < 1.29 is 27.5 Å². The second-order valence-electron chi connectivity index (χ2n) is 5.24. The number of hydrogen-bond donors (Lipinski definition) is 3. The molecule has 0 saturated carbocycles. The number of carbonyl (C=O) groups is 1. The molecule has 1 rings (SSSR count). The lowest BCUT2D eigenvalue weighted by Crippen LogP contribution is -2.50. The number of aliphatic hydroxyl groups is 1. The summed E-state index contributed by atoms with van der Waals surface area (Å²) >= 11 is 0. The van der Waals surface area contributed by atoms with Gasteiger partial charge in [0.15, 0.2) is 0 Å². The van der Waals surface area contributed by atoms with Crippen LogP contribution in [0.15, 0.2) is 18.2 Å². The maximum Gasteiger partial charge on any atom is 0.418 e. The highest BCUT2D eigenvalue weighted by Gasteiger charge is 2.35. The number of rotatable bonds is 5. The van der Waals surface area contributed by atoms with Crippen LogP contribution in [0, 0.1) is 5.82 Å². The average Bonchev–Trinajstić information content (AvgIpc) is 2.39. The number of alkyl halides is 3. The third-order valence-corrected chi connectivity index (χ3v) is 3.10. The Labute approximate surface area is 125 Å². The van der Waals surface area contributed by atoms with Gasteiger partial charge in [-0.25, -0.2) is 9.18 Å². The Morgan fingerprint density at radius 1 is 1.32 bits per heavy atom. The van der Waals surface area contributed by atoms with Crippen LogP contribution in [0.1, 0.15) is 32.3 Å². The number of urea groups is 1. The van der Waals surface area contributed by atoms with Crippen molar-refractivity contribution in [2.75, 3.05) is 11.9 Å². The molecule has 0 aromatic heterocycles. The molecule has 0 bridgehead atoms. The number of anilines is 1. The molecular weight excluding hydrogens is 304 g/mol. The fourth-order valence-electron chi connectivity index (χ4n) is 2.02. The molecular formula is C14H18F4N2O2. The molecule has 0 aliphatic carbocycles. The van der Waals surface area contributed by atoms with E-state index in [9.17, 15) is 27.5 Å². The molecule has 0 saturated heterocycles. The summed E-state index contributed by atoms with van der Waals surface area (Å²) in [7, 11) is 0. The highest BCUT2D eigenvalue weighted by Crippen LogP contribution is 2.35. The standard InChI is InChI=1S/C14H18F4N2O2/c1-3-6-13(2,8-21)20-12(22)19-11-5-4-9(15)7-10(11)14(16,17)18/h4-5,7,21H,3,6,8H2,1-2H3,(H2,19,20,22). The van der Waals surface area contributed by atoms with Crippen molar-refractivity contribution in [3.63, 3.8) is 0 Å². The summed E-state index contributed by atoms with van der Waals surface area (Å²) < 4.78 is 51.5. The van der Waals surface area contributed by atoms with Gasteiger partial charge in [-0.3, -0.25) is 0 Å². The van der Waals surface area contributed by atoms with Crippen molar-refractivity contribution in [2.24, 2.45) is 0 Å². The SMILES string of the molecule is CCCC(C)(CO)NC(=O)Nc1ccc(F)cc1C(F)(F)F. The summed E-state index contributed by atoms with van der Waals surface area (Å²) in [5.41, 5.74) is -2.77. The summed E-state index contributed by atoms with van der Waals surface area (Å²) in [6.07, 6.45) is -3.68. The number of benzene rings is 1. The van der Waals surface area contributed by atoms with E-state index in [1.54, 1.807) is 6.92 Å². The second kappa shape index (κ2) is 6.95. The first-order valence-corrected chi connectivity index (χ1v) is 6.68. The van der Waals surface area contributed by atoms with Gasteiger partial charge in [-0.2, -0.15) is 13.2 Å². The first-order chi connectivity index (χ1) is 10.1. The number of halogens is 4. The molecule has 4 nitrogen and oxygen atoms in total. The molecule has 1 aromatic carbocycles. The van der Waals surface area contributed by atoms with Crippen molar-refractivity contribution in [2.45, 2.75) is 38.4 Å². The van der Waals surface area contributed by atoms with Crippen LogP contribution in [0.3, 0.4) is 0 Å². The second-order valence-corrected chi connectivity index (χ2v) is 5.24. The number of nitrogens with one attached hydrogen (secondary N) is 2. The summed E-state index contributed by atoms with van der Waals surface area (Å²) in [6.45, 7) is 3.06. The van der Waals surface area contributed by atoms with Gasteiger partial charge in [0.1, 0.15) is 5.82 Å². The molecule has 0 heterocycles. The third-order valence-electron chi connectivity index (χ3n) is 3.10. The minimum Gasteiger partial charge on any atom is -0.394 e. The molecule has 0 aliphatic heterocycles. The number of carbonyl (C=O) groups excluding carboxylic acids is 1. The minimum absolute atomic E-state index is 0.312. The zero-order valence-corrected chi connectivity index (χ0v) is 12.2. The summed E-state index contributed by atoms with van der Waals surface area (Å²) in [5, 5.41) is 13.7. The van der Waals surface area contributed by atoms with E-state index in [0.29, 0.717) is 18.9 Å². The number of hydrogen-bond acceptors (Lipinski definition) is 2. The van der Waals surface area contributed by atoms with Crippen LogP contribution in [-0.4, -0.2) is 23.3 Å². The van der Waals surface area contributed by atoms with E-state index in [2.05, 4.69) is 5.32 Å². The quantitative estimate of drug-likeness (QED) is 0.726. The van der Waals surface area contributed by atoms with Crippen molar-refractivity contribution >= 4 is 11.7 Å². The van der Waals surface area contributed by atoms with Gasteiger partial charge < -0.3 is 15.7 Å². The van der Waals surface area contributed by atoms with Crippen LogP contribution in [-0.2, 0) is 6.18 Å². The van der Waals surface area contributed by atoms with Gasteiger partial charge in [-0.15, -0.1) is 0 Å². The molecule has 1 aromatic rings. The van der Waals surface area contributed by atoms with E-state index in [0.717, 1.165) is 12.1 Å². The van der Waals surface area contributed by atoms with Crippen LogP contribution in [0.4, 0.5) is 28.0 Å². The van der Waals surface area contributed by atoms with Gasteiger partial charge in [0.05, 0.1) is 23.4 Å². The average molecular weight is 322 g/mol. The van der Waals surface area contributed by atoms with Crippen LogP contribution in [0.2, 0.25) is 0 Å². The maximum absolute atomic E-state index is 13.0. The van der Waals surface area contributed by atoms with E-state index in [-0.39, 0.29) is 6.61 Å². The Morgan fingerprint density at radius 2 is 1.95 bits per heavy atom. The summed E-state index contributed by atoms with van der Waals surface area (Å²) in [6, 6.07) is 1.07. The molecule has 8 heteroatoms. The molecule has 0 radical (unpaired) electrons. The van der Waals surface area contributed by atoms with E-state index < -0.39 is 34.8 Å². The molecule has 1 unspecified atom stereocenters. The predicted octanol–water partition coefficient (Wildman–Crippen LogP) is 3.52. The van der Waals surface area contributed by atoms with E-state index in [4.69, 9.17) is 0 Å². The highest BCUT2D eigenvalue weighted by atomic mass is 19.4. The van der Waals surface area contributed by atoms with Gasteiger partial charge in [-0.05, 0) is 31.5 Å². The van der Waals surface area contributed by atoms with Crippen molar-refractivity contribution in [1.29, 1.82) is 0 Å². The van der Waals surface area contributed by atoms with Crippen molar-refractivity contribution in [1.82, 2.24) is 5.32 Å². The normalized spacial score (nSPS) is 14.3. The summed E-state index contributed by atoms with van der Waals surface area (Å²) in [5.74, 6) is -1.05. The van der Waals surface area contributed by atoms with Crippen LogP contribution >= 0.6 is 0 Å². The van der Waals surface area contributed by atoms with E-state index in [1.807, 2.05) is 12.2 Å². The lowest BCUT2D eigenvalue weighted by atomic mass is 9.97. The highest BCUT2D eigenvalue weighted by molar-refractivity contribution is 5.90. The first-order valence-electron chi connectivity index (χ1n) is 6.68. The zero-order chi connectivity index (χ0) is 17.0. The number of amides is 2. The molecule has 3 N–H and O–H groups in total. The topological polar surface area (TPSA) is 61.4 Å². The van der Waals surface area contributed by atoms with Gasteiger partial charge in [0.2, 0.25) is 0 Å². The zero-order valence-electron chi connectivity index (χ0n) is 12.2. The van der Waals surface area contributed by atoms with E-state index in [1.165, 1.54) is 0 Å². The Balaban J connectivity index is 2.93. The fourth-order valence-corrected chi connectivity index (χ4v) is 2.02. The maximum atomic E-state index is 13.0. The first kappa shape index (κ1) is 18.2. The Hall–Kier alpha value is -1.83. The van der Waals surface area contributed by atoms with Crippen LogP contribution in [0.25, 0.3) is 0 Å². The van der Waals surface area contributed by atoms with E-state index >= 15 is 0 Å². The lowest BCUT2D eigenvalue weighted by molar-refractivity contribution is -0.137. The Morgan fingerprint density at radius 3 is 2.45 bits per heavy atom. The number of aliphatic hydroxyl groups excluding tert-OH is 1. The van der Waals surface area contributed by atoms with Crippen molar-refractivity contribution in [3.05, 3.63) is 29.6 Å². The smallest absolute Gasteiger partial charge is 0.394 e. The minimum atomic E-state index is -4.80. The molecule has 124 valence electrons. The molecule has 1 atom stereocenters. The van der Waals surface area contributed by atoms with Gasteiger partial charge in [0, 0.05) is 0 Å². The lowest BCUT2D eigenvalue weighted by Gasteiger charge is -2.28. The molecule has 0 spiro atoms. The van der Waals surface area contributed by atoms with Crippen LogP contribution in [0.5, 0.6) is 0 Å². The van der Waals surface area contributed by atoms with Gasteiger partial charge >= 0.3 is 12.2 Å². The molecule has 0 fully saturated rings. The fraction of sp³-hybridized carbons (Fsp3) is 0.500. The molecule has 2 amide bonds. The molecule has 0 aliphatic rings. The summed E-state index contributed by atoms with van der Waals surface area (Å²) in [4.78, 5) is 11.8. The Bertz CT molecular complexity index is 534. The third kappa shape index (κ3) is 4.87. The van der Waals surface area contributed by atoms with Crippen LogP contribution < -0.4 is 10.6 Å².